The summed E-state index contributed by atoms with van der Waals surface area (Å²) >= 11 is 0. The quantitative estimate of drug-likeness (QED) is 0.874. The SMILES string of the molecule is Cn1cc(-n2cnc(CNC(C)(C)C)c2)cn1. The van der Waals surface area contributed by atoms with E-state index in [0.717, 1.165) is 17.9 Å². The Balaban J connectivity index is 2.06. The van der Waals surface area contributed by atoms with Crippen molar-refractivity contribution in [1.82, 2.24) is 24.6 Å². The second kappa shape index (κ2) is 4.33. The van der Waals surface area contributed by atoms with E-state index in [0.29, 0.717) is 0 Å². The first-order valence-electron chi connectivity index (χ1n) is 5.71. The Bertz CT molecular complexity index is 489. The van der Waals surface area contributed by atoms with Gasteiger partial charge in [-0.15, -0.1) is 0 Å². The van der Waals surface area contributed by atoms with Gasteiger partial charge in [0.1, 0.15) is 0 Å². The molecule has 17 heavy (non-hydrogen) atoms. The first-order valence-corrected chi connectivity index (χ1v) is 5.71. The second-order valence-corrected chi connectivity index (χ2v) is 5.25. The molecule has 2 rings (SSSR count). The number of nitrogens with zero attached hydrogens (tertiary/aromatic N) is 4. The van der Waals surface area contributed by atoms with E-state index in [1.807, 2.05) is 36.5 Å². The Morgan fingerprint density at radius 2 is 2.06 bits per heavy atom. The van der Waals surface area contributed by atoms with Gasteiger partial charge >= 0.3 is 0 Å². The molecule has 0 unspecified atom stereocenters. The van der Waals surface area contributed by atoms with Gasteiger partial charge in [0.25, 0.3) is 0 Å². The molecule has 0 bridgehead atoms. The third-order valence-electron chi connectivity index (χ3n) is 2.43. The van der Waals surface area contributed by atoms with E-state index in [4.69, 9.17) is 0 Å². The minimum Gasteiger partial charge on any atom is -0.306 e. The average Bonchev–Trinajstić information content (AvgIpc) is 2.81. The van der Waals surface area contributed by atoms with Crippen molar-refractivity contribution in [3.8, 4) is 5.69 Å². The maximum Gasteiger partial charge on any atom is 0.0996 e. The molecule has 92 valence electrons. The van der Waals surface area contributed by atoms with Gasteiger partial charge in [-0.05, 0) is 20.8 Å². The number of hydrogen-bond donors (Lipinski definition) is 1. The van der Waals surface area contributed by atoms with Crippen LogP contribution in [-0.4, -0.2) is 24.9 Å². The zero-order valence-corrected chi connectivity index (χ0v) is 10.8. The summed E-state index contributed by atoms with van der Waals surface area (Å²) in [5, 5.41) is 7.55. The van der Waals surface area contributed by atoms with Gasteiger partial charge in [-0.1, -0.05) is 0 Å². The summed E-state index contributed by atoms with van der Waals surface area (Å²) in [4.78, 5) is 4.37. The van der Waals surface area contributed by atoms with E-state index in [-0.39, 0.29) is 5.54 Å². The summed E-state index contributed by atoms with van der Waals surface area (Å²) in [6.07, 6.45) is 7.62. The van der Waals surface area contributed by atoms with Crippen molar-refractivity contribution in [2.45, 2.75) is 32.9 Å². The first-order chi connectivity index (χ1) is 7.94. The fraction of sp³-hybridized carbons (Fsp3) is 0.500. The Labute approximate surface area is 101 Å². The lowest BCUT2D eigenvalue weighted by molar-refractivity contribution is 0.421. The number of aromatic nitrogens is 4. The minimum atomic E-state index is 0.109. The monoisotopic (exact) mass is 233 g/mol. The van der Waals surface area contributed by atoms with Crippen molar-refractivity contribution in [2.75, 3.05) is 0 Å². The fourth-order valence-corrected chi connectivity index (χ4v) is 1.49. The van der Waals surface area contributed by atoms with Crippen molar-refractivity contribution in [1.29, 1.82) is 0 Å². The molecular formula is C12H19N5. The zero-order valence-electron chi connectivity index (χ0n) is 10.8. The van der Waals surface area contributed by atoms with Gasteiger partial charge in [0.15, 0.2) is 0 Å². The molecule has 0 aliphatic heterocycles. The maximum atomic E-state index is 4.37. The van der Waals surface area contributed by atoms with Gasteiger partial charge in [-0.25, -0.2) is 4.98 Å². The molecule has 0 saturated heterocycles. The van der Waals surface area contributed by atoms with Gasteiger partial charge in [0.05, 0.1) is 23.9 Å². The van der Waals surface area contributed by atoms with Crippen LogP contribution in [0.1, 0.15) is 26.5 Å². The van der Waals surface area contributed by atoms with E-state index in [2.05, 4.69) is 36.2 Å². The lowest BCUT2D eigenvalue weighted by atomic mass is 10.1. The van der Waals surface area contributed by atoms with Gasteiger partial charge in [0, 0.05) is 31.5 Å². The van der Waals surface area contributed by atoms with Crippen LogP contribution in [-0.2, 0) is 13.6 Å². The second-order valence-electron chi connectivity index (χ2n) is 5.25. The predicted molar refractivity (Wildman–Crippen MR) is 66.9 cm³/mol. The zero-order chi connectivity index (χ0) is 12.5. The fourth-order valence-electron chi connectivity index (χ4n) is 1.49. The van der Waals surface area contributed by atoms with E-state index in [1.165, 1.54) is 0 Å². The largest absolute Gasteiger partial charge is 0.306 e. The van der Waals surface area contributed by atoms with E-state index >= 15 is 0 Å². The smallest absolute Gasteiger partial charge is 0.0996 e. The van der Waals surface area contributed by atoms with Crippen molar-refractivity contribution in [3.05, 3.63) is 30.6 Å². The molecular weight excluding hydrogens is 214 g/mol. The van der Waals surface area contributed by atoms with E-state index in [1.54, 1.807) is 4.68 Å². The molecule has 0 spiro atoms. The van der Waals surface area contributed by atoms with E-state index in [9.17, 15) is 0 Å². The summed E-state index contributed by atoms with van der Waals surface area (Å²) in [6.45, 7) is 7.21. The Hall–Kier alpha value is -1.62. The standard InChI is InChI=1S/C12H19N5/c1-12(2,3)14-5-10-7-17(9-13-10)11-6-15-16(4)8-11/h6-9,14H,5H2,1-4H3. The van der Waals surface area contributed by atoms with Gasteiger partial charge in [0.2, 0.25) is 0 Å². The van der Waals surface area contributed by atoms with Gasteiger partial charge < -0.3 is 9.88 Å². The maximum absolute atomic E-state index is 4.37. The first kappa shape index (κ1) is 11.9. The number of aryl methyl sites for hydroxylation is 1. The predicted octanol–water partition coefficient (Wildman–Crippen LogP) is 1.49. The van der Waals surface area contributed by atoms with Crippen LogP contribution >= 0.6 is 0 Å². The van der Waals surface area contributed by atoms with Crippen molar-refractivity contribution < 1.29 is 0 Å². The van der Waals surface area contributed by atoms with Crippen LogP contribution in [0.15, 0.2) is 24.9 Å². The highest BCUT2D eigenvalue weighted by Gasteiger charge is 2.09. The molecule has 0 aromatic carbocycles. The molecule has 2 aromatic heterocycles. The molecule has 1 N–H and O–H groups in total. The molecule has 5 nitrogen and oxygen atoms in total. The van der Waals surface area contributed by atoms with Crippen LogP contribution in [0.4, 0.5) is 0 Å². The van der Waals surface area contributed by atoms with Crippen LogP contribution in [0.2, 0.25) is 0 Å². The number of nitrogens with one attached hydrogen (secondary N) is 1. The molecule has 0 radical (unpaired) electrons. The lowest BCUT2D eigenvalue weighted by Gasteiger charge is -2.19. The topological polar surface area (TPSA) is 47.7 Å². The van der Waals surface area contributed by atoms with Gasteiger partial charge in [-0.2, -0.15) is 5.10 Å². The normalized spacial score (nSPS) is 12.0. The summed E-state index contributed by atoms with van der Waals surface area (Å²) < 4.78 is 3.76. The number of hydrogen-bond acceptors (Lipinski definition) is 3. The molecule has 2 aromatic rings. The molecule has 5 heteroatoms. The molecule has 0 aliphatic rings. The summed E-state index contributed by atoms with van der Waals surface area (Å²) in [5.41, 5.74) is 2.17. The van der Waals surface area contributed by atoms with Crippen molar-refractivity contribution >= 4 is 0 Å². The summed E-state index contributed by atoms with van der Waals surface area (Å²) in [7, 11) is 1.91. The van der Waals surface area contributed by atoms with Crippen LogP contribution in [0.5, 0.6) is 0 Å². The Kier molecular flexibility index (Phi) is 3.02. The van der Waals surface area contributed by atoms with E-state index < -0.39 is 0 Å². The Morgan fingerprint density at radius 1 is 1.29 bits per heavy atom. The molecule has 0 aliphatic carbocycles. The van der Waals surface area contributed by atoms with Crippen LogP contribution in [0.3, 0.4) is 0 Å². The highest BCUT2D eigenvalue weighted by molar-refractivity contribution is 5.26. The number of imidazole rings is 1. The summed E-state index contributed by atoms with van der Waals surface area (Å²) in [5.74, 6) is 0. The van der Waals surface area contributed by atoms with Crippen molar-refractivity contribution in [3.63, 3.8) is 0 Å². The van der Waals surface area contributed by atoms with Crippen LogP contribution in [0, 0.1) is 0 Å². The molecule has 2 heterocycles. The third kappa shape index (κ3) is 3.17. The molecule has 0 fully saturated rings. The van der Waals surface area contributed by atoms with Crippen LogP contribution in [0.25, 0.3) is 5.69 Å². The molecule has 0 saturated carbocycles. The van der Waals surface area contributed by atoms with Crippen molar-refractivity contribution in [2.24, 2.45) is 7.05 Å². The molecule has 0 amide bonds. The molecule has 0 atom stereocenters. The van der Waals surface area contributed by atoms with Gasteiger partial charge in [-0.3, -0.25) is 4.68 Å². The Morgan fingerprint density at radius 3 is 2.65 bits per heavy atom. The lowest BCUT2D eigenvalue weighted by Crippen LogP contribution is -2.35. The highest BCUT2D eigenvalue weighted by Crippen LogP contribution is 2.08. The minimum absolute atomic E-state index is 0.109. The number of rotatable bonds is 3. The average molecular weight is 233 g/mol. The summed E-state index contributed by atoms with van der Waals surface area (Å²) in [6, 6.07) is 0. The van der Waals surface area contributed by atoms with Crippen LogP contribution < -0.4 is 5.32 Å². The third-order valence-corrected chi connectivity index (χ3v) is 2.43. The highest BCUT2D eigenvalue weighted by atomic mass is 15.3.